The number of aromatic nitrogens is 2. The highest BCUT2D eigenvalue weighted by Crippen LogP contribution is 2.15. The van der Waals surface area contributed by atoms with Gasteiger partial charge in [-0.3, -0.25) is 9.36 Å². The molecule has 2 rings (SSSR count). The van der Waals surface area contributed by atoms with Gasteiger partial charge in [0.25, 0.3) is 5.56 Å². The summed E-state index contributed by atoms with van der Waals surface area (Å²) in [6, 6.07) is 6.21. The lowest BCUT2D eigenvalue weighted by Gasteiger charge is -2.08. The molecule has 1 aromatic carbocycles. The highest BCUT2D eigenvalue weighted by Gasteiger charge is 2.07. The molecule has 1 heterocycles. The topological polar surface area (TPSA) is 34.9 Å². The Bertz CT molecular complexity index is 632. The largest absolute Gasteiger partial charge is 0.294 e. The normalized spacial score (nSPS) is 10.7. The molecule has 0 aliphatic carbocycles. The Morgan fingerprint density at radius 2 is 1.89 bits per heavy atom. The monoisotopic (exact) mass is 326 g/mol. The minimum atomic E-state index is -0.172. The number of rotatable bonds is 2. The van der Waals surface area contributed by atoms with Crippen LogP contribution in [0, 0.1) is 13.8 Å². The summed E-state index contributed by atoms with van der Waals surface area (Å²) in [5, 5.41) is 0.191. The predicted octanol–water partition coefficient (Wildman–Crippen LogP) is 3.32. The summed E-state index contributed by atoms with van der Waals surface area (Å²) in [6.45, 7) is 4.56. The van der Waals surface area contributed by atoms with Crippen LogP contribution in [0.2, 0.25) is 5.15 Å². The van der Waals surface area contributed by atoms with Crippen LogP contribution in [-0.2, 0) is 6.54 Å². The average molecular weight is 328 g/mol. The highest BCUT2D eigenvalue weighted by molar-refractivity contribution is 9.10. The lowest BCUT2D eigenvalue weighted by molar-refractivity contribution is 0.730. The van der Waals surface area contributed by atoms with Crippen molar-refractivity contribution >= 4 is 27.5 Å². The summed E-state index contributed by atoms with van der Waals surface area (Å²) in [7, 11) is 0. The number of halogens is 2. The number of hydrogen-bond acceptors (Lipinski definition) is 2. The van der Waals surface area contributed by atoms with Gasteiger partial charge in [0.15, 0.2) is 5.15 Å². The Morgan fingerprint density at radius 1 is 1.28 bits per heavy atom. The quantitative estimate of drug-likeness (QED) is 0.793. The number of benzene rings is 1. The minimum Gasteiger partial charge on any atom is -0.294 e. The van der Waals surface area contributed by atoms with E-state index in [-0.39, 0.29) is 10.7 Å². The molecule has 5 heteroatoms. The van der Waals surface area contributed by atoms with Crippen LogP contribution in [-0.4, -0.2) is 9.55 Å². The molecule has 0 aliphatic rings. The molecule has 1 aromatic heterocycles. The molecule has 0 fully saturated rings. The number of aryl methyl sites for hydroxylation is 2. The molecular formula is C13H12BrClN2O. The van der Waals surface area contributed by atoms with Crippen molar-refractivity contribution in [2.75, 3.05) is 0 Å². The van der Waals surface area contributed by atoms with Crippen molar-refractivity contribution in [1.82, 2.24) is 9.55 Å². The fraction of sp³-hybridized carbons (Fsp3) is 0.231. The van der Waals surface area contributed by atoms with Crippen molar-refractivity contribution in [2.45, 2.75) is 20.4 Å². The van der Waals surface area contributed by atoms with Crippen molar-refractivity contribution in [3.8, 4) is 0 Å². The fourth-order valence-corrected chi connectivity index (χ4v) is 2.37. The van der Waals surface area contributed by atoms with E-state index in [4.69, 9.17) is 11.6 Å². The maximum atomic E-state index is 12.0. The Morgan fingerprint density at radius 3 is 2.50 bits per heavy atom. The Kier molecular flexibility index (Phi) is 3.88. The fourth-order valence-electron chi connectivity index (χ4n) is 1.91. The first-order valence-electron chi connectivity index (χ1n) is 5.45. The summed E-state index contributed by atoms with van der Waals surface area (Å²) in [5.74, 6) is 0. The maximum absolute atomic E-state index is 12.0. The number of hydrogen-bond donors (Lipinski definition) is 0. The molecule has 3 nitrogen and oxygen atoms in total. The number of nitrogens with zero attached hydrogens (tertiary/aromatic N) is 2. The second-order valence-electron chi connectivity index (χ2n) is 4.28. The molecule has 0 spiro atoms. The second-order valence-corrected chi connectivity index (χ2v) is 5.43. The van der Waals surface area contributed by atoms with Crippen molar-refractivity contribution < 1.29 is 0 Å². The van der Waals surface area contributed by atoms with Gasteiger partial charge in [-0.1, -0.05) is 40.9 Å². The van der Waals surface area contributed by atoms with Gasteiger partial charge < -0.3 is 0 Å². The lowest BCUT2D eigenvalue weighted by Crippen LogP contribution is -2.22. The van der Waals surface area contributed by atoms with E-state index < -0.39 is 0 Å². The predicted molar refractivity (Wildman–Crippen MR) is 76.2 cm³/mol. The third kappa shape index (κ3) is 2.82. The first kappa shape index (κ1) is 13.3. The van der Waals surface area contributed by atoms with Crippen molar-refractivity contribution in [3.05, 3.63) is 61.2 Å². The van der Waals surface area contributed by atoms with Gasteiger partial charge in [-0.15, -0.1) is 0 Å². The molecule has 0 atom stereocenters. The van der Waals surface area contributed by atoms with E-state index in [0.717, 1.165) is 5.56 Å². The second kappa shape index (κ2) is 5.24. The standard InChI is InChI=1S/C13H12BrClN2O/c1-8-3-9(2)5-10(4-8)6-17-7-16-12(15)11(14)13(17)18/h3-5,7H,6H2,1-2H3. The summed E-state index contributed by atoms with van der Waals surface area (Å²) >= 11 is 8.91. The van der Waals surface area contributed by atoms with Crippen LogP contribution < -0.4 is 5.56 Å². The van der Waals surface area contributed by atoms with Gasteiger partial charge in [0.2, 0.25) is 0 Å². The first-order chi connectivity index (χ1) is 8.47. The average Bonchev–Trinajstić information content (AvgIpc) is 2.29. The Labute approximate surface area is 119 Å². The zero-order valence-electron chi connectivity index (χ0n) is 10.1. The van der Waals surface area contributed by atoms with E-state index in [1.54, 1.807) is 0 Å². The van der Waals surface area contributed by atoms with Gasteiger partial charge in [0, 0.05) is 0 Å². The van der Waals surface area contributed by atoms with E-state index in [0.29, 0.717) is 11.0 Å². The SMILES string of the molecule is Cc1cc(C)cc(Cn2cnc(Cl)c(Br)c2=O)c1. The summed E-state index contributed by atoms with van der Waals surface area (Å²) < 4.78 is 1.83. The van der Waals surface area contributed by atoms with E-state index in [9.17, 15) is 4.79 Å². The molecular weight excluding hydrogens is 316 g/mol. The van der Waals surface area contributed by atoms with Gasteiger partial charge in [0.1, 0.15) is 4.47 Å². The molecule has 0 aliphatic heterocycles. The molecule has 94 valence electrons. The van der Waals surface area contributed by atoms with E-state index in [1.807, 2.05) is 13.8 Å². The molecule has 0 bridgehead atoms. The molecule has 2 aromatic rings. The zero-order valence-corrected chi connectivity index (χ0v) is 12.4. The highest BCUT2D eigenvalue weighted by atomic mass is 79.9. The van der Waals surface area contributed by atoms with Gasteiger partial charge >= 0.3 is 0 Å². The Hall–Kier alpha value is -1.13. The molecule has 0 unspecified atom stereocenters. The maximum Gasteiger partial charge on any atom is 0.269 e. The van der Waals surface area contributed by atoms with Crippen LogP contribution in [0.3, 0.4) is 0 Å². The first-order valence-corrected chi connectivity index (χ1v) is 6.62. The van der Waals surface area contributed by atoms with Crippen molar-refractivity contribution in [1.29, 1.82) is 0 Å². The molecule has 0 amide bonds. The van der Waals surface area contributed by atoms with E-state index >= 15 is 0 Å². The minimum absolute atomic E-state index is 0.172. The summed E-state index contributed by atoms with van der Waals surface area (Å²) in [6.07, 6.45) is 1.47. The summed E-state index contributed by atoms with van der Waals surface area (Å²) in [4.78, 5) is 15.9. The molecule has 0 saturated heterocycles. The smallest absolute Gasteiger partial charge is 0.269 e. The molecule has 0 N–H and O–H groups in total. The van der Waals surface area contributed by atoms with Crippen LogP contribution in [0.15, 0.2) is 33.8 Å². The summed E-state index contributed by atoms with van der Waals surface area (Å²) in [5.41, 5.74) is 3.26. The molecule has 0 radical (unpaired) electrons. The van der Waals surface area contributed by atoms with Crippen LogP contribution in [0.5, 0.6) is 0 Å². The van der Waals surface area contributed by atoms with Crippen molar-refractivity contribution in [2.24, 2.45) is 0 Å². The van der Waals surface area contributed by atoms with Crippen molar-refractivity contribution in [3.63, 3.8) is 0 Å². The third-order valence-corrected chi connectivity index (χ3v) is 3.80. The lowest BCUT2D eigenvalue weighted by atomic mass is 10.1. The van der Waals surface area contributed by atoms with Gasteiger partial charge in [-0.2, -0.15) is 0 Å². The van der Waals surface area contributed by atoms with Gasteiger partial charge in [-0.05, 0) is 35.3 Å². The van der Waals surface area contributed by atoms with E-state index in [2.05, 4.69) is 39.1 Å². The molecule has 0 saturated carbocycles. The molecule has 18 heavy (non-hydrogen) atoms. The van der Waals surface area contributed by atoms with Crippen LogP contribution >= 0.6 is 27.5 Å². The zero-order chi connectivity index (χ0) is 13.3. The third-order valence-electron chi connectivity index (χ3n) is 2.57. The van der Waals surface area contributed by atoms with E-state index in [1.165, 1.54) is 22.0 Å². The van der Waals surface area contributed by atoms with Crippen LogP contribution in [0.4, 0.5) is 0 Å². The van der Waals surface area contributed by atoms with Crippen LogP contribution in [0.25, 0.3) is 0 Å². The van der Waals surface area contributed by atoms with Gasteiger partial charge in [-0.25, -0.2) is 4.98 Å². The van der Waals surface area contributed by atoms with Gasteiger partial charge in [0.05, 0.1) is 12.9 Å². The van der Waals surface area contributed by atoms with Crippen LogP contribution in [0.1, 0.15) is 16.7 Å². The Balaban J connectivity index is 2.40.